The lowest BCUT2D eigenvalue weighted by Gasteiger charge is -2.00. The van der Waals surface area contributed by atoms with Crippen LogP contribution in [0.25, 0.3) is 22.7 Å². The zero-order chi connectivity index (χ0) is 20.1. The van der Waals surface area contributed by atoms with E-state index in [-0.39, 0.29) is 25.3 Å². The van der Waals surface area contributed by atoms with E-state index >= 15 is 0 Å². The molecule has 0 aliphatic carbocycles. The van der Waals surface area contributed by atoms with Crippen molar-refractivity contribution in [1.82, 2.24) is 15.3 Å². The summed E-state index contributed by atoms with van der Waals surface area (Å²) in [5.41, 5.74) is 2.05. The zero-order valence-electron chi connectivity index (χ0n) is 15.2. The highest BCUT2D eigenvalue weighted by molar-refractivity contribution is 5.69. The molecule has 8 heteroatoms. The number of carbonyl (C=O) groups is 1. The highest BCUT2D eigenvalue weighted by Crippen LogP contribution is 2.20. The molecule has 0 N–H and O–H groups in total. The lowest BCUT2D eigenvalue weighted by atomic mass is 10.2. The number of nitrogens with zero attached hydrogens (tertiary/aromatic N) is 3. The largest absolute Gasteiger partial charge is 0.459 e. The summed E-state index contributed by atoms with van der Waals surface area (Å²) in [6.45, 7) is 0.0137. The van der Waals surface area contributed by atoms with Crippen LogP contribution in [0.5, 0.6) is 0 Å². The first kappa shape index (κ1) is 18.5. The van der Waals surface area contributed by atoms with Crippen molar-refractivity contribution in [3.63, 3.8) is 0 Å². The second kappa shape index (κ2) is 8.47. The molecule has 0 radical (unpaired) electrons. The van der Waals surface area contributed by atoms with Crippen molar-refractivity contribution in [3.05, 3.63) is 78.1 Å². The van der Waals surface area contributed by atoms with Crippen molar-refractivity contribution in [1.29, 1.82) is 0 Å². The van der Waals surface area contributed by atoms with Gasteiger partial charge in [0.05, 0.1) is 6.42 Å². The summed E-state index contributed by atoms with van der Waals surface area (Å²) in [6, 6.07) is 17.0. The van der Waals surface area contributed by atoms with Gasteiger partial charge in [-0.1, -0.05) is 40.6 Å². The molecular weight excluding hydrogens is 377 g/mol. The molecule has 2 aromatic heterocycles. The number of rotatable bonds is 7. The fourth-order valence-electron chi connectivity index (χ4n) is 2.63. The molecule has 0 fully saturated rings. The monoisotopic (exact) mass is 393 g/mol. The summed E-state index contributed by atoms with van der Waals surface area (Å²) in [7, 11) is 0. The minimum Gasteiger partial charge on any atom is -0.459 e. The van der Waals surface area contributed by atoms with E-state index in [1.165, 1.54) is 12.1 Å². The fourth-order valence-corrected chi connectivity index (χ4v) is 2.63. The van der Waals surface area contributed by atoms with Crippen molar-refractivity contribution in [2.24, 2.45) is 0 Å². The molecular formula is C21H16FN3O4. The second-order valence-corrected chi connectivity index (χ2v) is 6.23. The number of esters is 1. The summed E-state index contributed by atoms with van der Waals surface area (Å²) in [6.07, 6.45) is 0.315. The molecule has 0 unspecified atom stereocenters. The molecule has 4 aromatic rings. The van der Waals surface area contributed by atoms with E-state index in [0.717, 1.165) is 5.56 Å². The van der Waals surface area contributed by atoms with Crippen molar-refractivity contribution in [2.75, 3.05) is 0 Å². The predicted octanol–water partition coefficient (Wildman–Crippen LogP) is 4.21. The molecule has 0 aliphatic rings. The molecule has 7 nitrogen and oxygen atoms in total. The van der Waals surface area contributed by atoms with Gasteiger partial charge in [0.25, 0.3) is 0 Å². The van der Waals surface area contributed by atoms with E-state index < -0.39 is 5.97 Å². The minimum absolute atomic E-state index is 0.0137. The molecule has 0 spiro atoms. The van der Waals surface area contributed by atoms with Gasteiger partial charge < -0.3 is 13.8 Å². The van der Waals surface area contributed by atoms with Gasteiger partial charge >= 0.3 is 5.97 Å². The van der Waals surface area contributed by atoms with Gasteiger partial charge in [-0.3, -0.25) is 4.79 Å². The lowest BCUT2D eigenvalue weighted by molar-refractivity contribution is -0.145. The smallest absolute Gasteiger partial charge is 0.306 e. The van der Waals surface area contributed by atoms with Gasteiger partial charge in [0.2, 0.25) is 11.7 Å². The topological polar surface area (TPSA) is 91.2 Å². The zero-order valence-corrected chi connectivity index (χ0v) is 15.2. The second-order valence-electron chi connectivity index (χ2n) is 6.23. The quantitative estimate of drug-likeness (QED) is 0.434. The van der Waals surface area contributed by atoms with Crippen LogP contribution in [0.1, 0.15) is 18.0 Å². The van der Waals surface area contributed by atoms with Crippen LogP contribution in [0, 0.1) is 5.82 Å². The van der Waals surface area contributed by atoms with Crippen molar-refractivity contribution >= 4 is 5.97 Å². The normalized spacial score (nSPS) is 10.8. The van der Waals surface area contributed by atoms with Gasteiger partial charge in [0.15, 0.2) is 5.76 Å². The first-order valence-corrected chi connectivity index (χ1v) is 8.92. The molecule has 0 atom stereocenters. The summed E-state index contributed by atoms with van der Waals surface area (Å²) in [4.78, 5) is 16.2. The van der Waals surface area contributed by atoms with E-state index in [1.54, 1.807) is 18.2 Å². The van der Waals surface area contributed by atoms with Crippen LogP contribution < -0.4 is 0 Å². The Kier molecular flexibility index (Phi) is 5.42. The molecule has 4 rings (SSSR count). The van der Waals surface area contributed by atoms with E-state index in [9.17, 15) is 9.18 Å². The molecule has 2 heterocycles. The number of hydrogen-bond acceptors (Lipinski definition) is 7. The van der Waals surface area contributed by atoms with Gasteiger partial charge in [-0.05, 0) is 24.3 Å². The maximum atomic E-state index is 13.0. The minimum atomic E-state index is -0.421. The molecule has 0 aliphatic heterocycles. The molecule has 146 valence electrons. The number of benzene rings is 2. The molecule has 0 amide bonds. The summed E-state index contributed by atoms with van der Waals surface area (Å²) < 4.78 is 28.6. The van der Waals surface area contributed by atoms with E-state index in [0.29, 0.717) is 28.7 Å². The van der Waals surface area contributed by atoms with Gasteiger partial charge in [0, 0.05) is 23.6 Å². The number of ether oxygens (including phenoxy) is 1. The van der Waals surface area contributed by atoms with Crippen LogP contribution in [0.15, 0.2) is 69.7 Å². The van der Waals surface area contributed by atoms with Crippen molar-refractivity contribution in [3.8, 4) is 22.7 Å². The summed E-state index contributed by atoms with van der Waals surface area (Å²) in [5.74, 6) is 0.480. The standard InChI is InChI=1S/C21H16FN3O4/c22-16-8-6-15(7-9-16)21-23-19(29-25-21)10-11-20(26)27-13-17-12-18(28-24-17)14-4-2-1-3-5-14/h1-9,12H,10-11,13H2. The van der Waals surface area contributed by atoms with E-state index in [2.05, 4.69) is 15.3 Å². The van der Waals surface area contributed by atoms with Crippen LogP contribution in [0.2, 0.25) is 0 Å². The Labute approximate surface area is 165 Å². The Hall–Kier alpha value is -3.81. The SMILES string of the molecule is O=C(CCc1nc(-c2ccc(F)cc2)no1)OCc1cc(-c2ccccc2)on1. The van der Waals surface area contributed by atoms with Crippen LogP contribution >= 0.6 is 0 Å². The Bertz CT molecular complexity index is 1090. The lowest BCUT2D eigenvalue weighted by Crippen LogP contribution is -2.06. The highest BCUT2D eigenvalue weighted by Gasteiger charge is 2.13. The molecule has 0 saturated heterocycles. The Morgan fingerprint density at radius 1 is 0.966 bits per heavy atom. The van der Waals surface area contributed by atoms with Gasteiger partial charge in [0.1, 0.15) is 18.1 Å². The Morgan fingerprint density at radius 2 is 1.76 bits per heavy atom. The third-order valence-electron chi connectivity index (χ3n) is 4.11. The third kappa shape index (κ3) is 4.73. The van der Waals surface area contributed by atoms with Gasteiger partial charge in [-0.2, -0.15) is 4.98 Å². The molecule has 0 saturated carbocycles. The number of hydrogen-bond donors (Lipinski definition) is 0. The van der Waals surface area contributed by atoms with E-state index in [4.69, 9.17) is 13.8 Å². The van der Waals surface area contributed by atoms with Gasteiger partial charge in [-0.25, -0.2) is 4.39 Å². The number of carbonyl (C=O) groups excluding carboxylic acids is 1. The third-order valence-corrected chi connectivity index (χ3v) is 4.11. The maximum absolute atomic E-state index is 13.0. The van der Waals surface area contributed by atoms with Crippen LogP contribution in [0.3, 0.4) is 0 Å². The number of aromatic nitrogens is 3. The summed E-state index contributed by atoms with van der Waals surface area (Å²) in [5, 5.41) is 7.74. The highest BCUT2D eigenvalue weighted by atomic mass is 19.1. The first-order chi connectivity index (χ1) is 14.2. The van der Waals surface area contributed by atoms with Gasteiger partial charge in [-0.15, -0.1) is 0 Å². The summed E-state index contributed by atoms with van der Waals surface area (Å²) >= 11 is 0. The van der Waals surface area contributed by atoms with Crippen molar-refractivity contribution in [2.45, 2.75) is 19.4 Å². The van der Waals surface area contributed by atoms with Crippen molar-refractivity contribution < 1.29 is 23.0 Å². The van der Waals surface area contributed by atoms with Crippen LogP contribution in [0.4, 0.5) is 4.39 Å². The Morgan fingerprint density at radius 3 is 2.55 bits per heavy atom. The first-order valence-electron chi connectivity index (χ1n) is 8.92. The fraction of sp³-hybridized carbons (Fsp3) is 0.143. The molecule has 2 aromatic carbocycles. The molecule has 29 heavy (non-hydrogen) atoms. The molecule has 0 bridgehead atoms. The number of halogens is 1. The number of aryl methyl sites for hydroxylation is 1. The van der Waals surface area contributed by atoms with E-state index in [1.807, 2.05) is 30.3 Å². The Balaban J connectivity index is 1.27. The predicted molar refractivity (Wildman–Crippen MR) is 99.7 cm³/mol. The average molecular weight is 393 g/mol. The average Bonchev–Trinajstić information content (AvgIpc) is 3.42. The van der Waals surface area contributed by atoms with Crippen LogP contribution in [-0.2, 0) is 22.6 Å². The van der Waals surface area contributed by atoms with Crippen LogP contribution in [-0.4, -0.2) is 21.3 Å². The maximum Gasteiger partial charge on any atom is 0.306 e.